The van der Waals surface area contributed by atoms with Gasteiger partial charge in [-0.05, 0) is 37.5 Å². The number of hydrogen-bond acceptors (Lipinski definition) is 5. The Kier molecular flexibility index (Phi) is 4.55. The SMILES string of the molecule is CN(C)c1cnc(Cl)nc1N(C=O)C1CCNCC1. The van der Waals surface area contributed by atoms with Crippen molar-refractivity contribution in [2.45, 2.75) is 18.9 Å². The van der Waals surface area contributed by atoms with E-state index in [2.05, 4.69) is 15.3 Å². The van der Waals surface area contributed by atoms with Crippen molar-refractivity contribution in [3.8, 4) is 0 Å². The summed E-state index contributed by atoms with van der Waals surface area (Å²) in [6.45, 7) is 1.82. The molecule has 0 aliphatic carbocycles. The zero-order valence-electron chi connectivity index (χ0n) is 11.1. The standard InChI is InChI=1S/C12H18ClN5O/c1-17(2)10-7-15-12(13)16-11(10)18(8-19)9-3-5-14-6-4-9/h7-9,14H,3-6H2,1-2H3. The van der Waals surface area contributed by atoms with E-state index in [0.29, 0.717) is 5.82 Å². The van der Waals surface area contributed by atoms with Gasteiger partial charge in [0, 0.05) is 20.1 Å². The number of piperidine rings is 1. The van der Waals surface area contributed by atoms with Crippen molar-refractivity contribution in [3.63, 3.8) is 0 Å². The van der Waals surface area contributed by atoms with Crippen LogP contribution in [0.3, 0.4) is 0 Å². The molecular formula is C12H18ClN5O. The molecule has 1 saturated heterocycles. The summed E-state index contributed by atoms with van der Waals surface area (Å²) in [5, 5.41) is 3.44. The highest BCUT2D eigenvalue weighted by atomic mass is 35.5. The Balaban J connectivity index is 2.35. The fourth-order valence-electron chi connectivity index (χ4n) is 2.24. The van der Waals surface area contributed by atoms with Crippen LogP contribution in [0.25, 0.3) is 0 Å². The molecule has 0 unspecified atom stereocenters. The van der Waals surface area contributed by atoms with E-state index < -0.39 is 0 Å². The largest absolute Gasteiger partial charge is 0.373 e. The van der Waals surface area contributed by atoms with Gasteiger partial charge in [0.25, 0.3) is 0 Å². The molecule has 6 nitrogen and oxygen atoms in total. The second-order valence-electron chi connectivity index (χ2n) is 4.74. The van der Waals surface area contributed by atoms with E-state index in [4.69, 9.17) is 11.6 Å². The summed E-state index contributed by atoms with van der Waals surface area (Å²) in [7, 11) is 3.78. The van der Waals surface area contributed by atoms with Crippen molar-refractivity contribution >= 4 is 29.5 Å². The second kappa shape index (κ2) is 6.16. The number of hydrogen-bond donors (Lipinski definition) is 1. The highest BCUT2D eigenvalue weighted by Gasteiger charge is 2.25. The van der Waals surface area contributed by atoms with Gasteiger partial charge >= 0.3 is 0 Å². The molecule has 1 fully saturated rings. The minimum absolute atomic E-state index is 0.154. The average Bonchev–Trinajstić information content (AvgIpc) is 2.40. The Morgan fingerprint density at radius 1 is 1.42 bits per heavy atom. The molecule has 0 atom stereocenters. The maximum atomic E-state index is 11.5. The van der Waals surface area contributed by atoms with E-state index in [1.165, 1.54) is 0 Å². The van der Waals surface area contributed by atoms with Crippen LogP contribution in [-0.4, -0.2) is 49.6 Å². The van der Waals surface area contributed by atoms with Crippen molar-refractivity contribution in [1.29, 1.82) is 0 Å². The van der Waals surface area contributed by atoms with Gasteiger partial charge in [-0.25, -0.2) is 4.98 Å². The number of carbonyl (C=O) groups excluding carboxylic acids is 1. The summed E-state index contributed by atoms with van der Waals surface area (Å²) in [6, 6.07) is 0.156. The Labute approximate surface area is 117 Å². The third-order valence-electron chi connectivity index (χ3n) is 3.26. The maximum Gasteiger partial charge on any atom is 0.224 e. The summed E-state index contributed by atoms with van der Waals surface area (Å²) >= 11 is 5.87. The van der Waals surface area contributed by atoms with E-state index in [1.807, 2.05) is 19.0 Å². The molecule has 0 spiro atoms. The number of nitrogens with one attached hydrogen (secondary N) is 1. The van der Waals surface area contributed by atoms with Gasteiger partial charge in [0.15, 0.2) is 5.82 Å². The van der Waals surface area contributed by atoms with Crippen LogP contribution in [0.4, 0.5) is 11.5 Å². The fraction of sp³-hybridized carbons (Fsp3) is 0.583. The first-order chi connectivity index (χ1) is 9.13. The number of nitrogens with zero attached hydrogens (tertiary/aromatic N) is 4. The van der Waals surface area contributed by atoms with Gasteiger partial charge in [-0.3, -0.25) is 9.69 Å². The minimum atomic E-state index is 0.154. The number of anilines is 2. The Morgan fingerprint density at radius 3 is 2.68 bits per heavy atom. The van der Waals surface area contributed by atoms with Crippen LogP contribution in [0, 0.1) is 0 Å². The quantitative estimate of drug-likeness (QED) is 0.657. The lowest BCUT2D eigenvalue weighted by Gasteiger charge is -2.32. The van der Waals surface area contributed by atoms with Crippen LogP contribution in [0.5, 0.6) is 0 Å². The normalized spacial score (nSPS) is 16.2. The fourth-order valence-corrected chi connectivity index (χ4v) is 2.37. The lowest BCUT2D eigenvalue weighted by Crippen LogP contribution is -2.43. The third-order valence-corrected chi connectivity index (χ3v) is 3.44. The second-order valence-corrected chi connectivity index (χ2v) is 5.07. The molecule has 104 valence electrons. The Bertz CT molecular complexity index is 448. The number of carbonyl (C=O) groups is 1. The smallest absolute Gasteiger partial charge is 0.224 e. The zero-order chi connectivity index (χ0) is 13.8. The van der Waals surface area contributed by atoms with Gasteiger partial charge in [0.1, 0.15) is 0 Å². The molecule has 19 heavy (non-hydrogen) atoms. The predicted molar refractivity (Wildman–Crippen MR) is 75.8 cm³/mol. The van der Waals surface area contributed by atoms with Crippen molar-refractivity contribution in [3.05, 3.63) is 11.5 Å². The van der Waals surface area contributed by atoms with E-state index in [-0.39, 0.29) is 11.3 Å². The molecule has 0 saturated carbocycles. The van der Waals surface area contributed by atoms with E-state index >= 15 is 0 Å². The maximum absolute atomic E-state index is 11.5. The zero-order valence-corrected chi connectivity index (χ0v) is 11.9. The van der Waals surface area contributed by atoms with Gasteiger partial charge in [-0.1, -0.05) is 0 Å². The van der Waals surface area contributed by atoms with Crippen LogP contribution in [-0.2, 0) is 4.79 Å². The molecule has 1 aromatic rings. The topological polar surface area (TPSA) is 61.4 Å². The molecule has 1 aromatic heterocycles. The van der Waals surface area contributed by atoms with E-state index in [1.54, 1.807) is 11.1 Å². The first-order valence-corrected chi connectivity index (χ1v) is 6.65. The van der Waals surface area contributed by atoms with Crippen molar-refractivity contribution in [2.75, 3.05) is 37.0 Å². The average molecular weight is 284 g/mol. The molecule has 1 amide bonds. The van der Waals surface area contributed by atoms with E-state index in [9.17, 15) is 4.79 Å². The van der Waals surface area contributed by atoms with Gasteiger partial charge in [0.2, 0.25) is 11.7 Å². The number of rotatable bonds is 4. The molecule has 7 heteroatoms. The van der Waals surface area contributed by atoms with Crippen LogP contribution in [0.1, 0.15) is 12.8 Å². The highest BCUT2D eigenvalue weighted by molar-refractivity contribution is 6.28. The predicted octanol–water partition coefficient (Wildman–Crippen LogP) is 0.911. The van der Waals surface area contributed by atoms with Gasteiger partial charge in [0.05, 0.1) is 11.9 Å². The van der Waals surface area contributed by atoms with Gasteiger partial charge in [-0.15, -0.1) is 0 Å². The van der Waals surface area contributed by atoms with Crippen molar-refractivity contribution < 1.29 is 4.79 Å². The first-order valence-electron chi connectivity index (χ1n) is 6.27. The number of aromatic nitrogens is 2. The minimum Gasteiger partial charge on any atom is -0.373 e. The molecule has 0 aromatic carbocycles. The monoisotopic (exact) mass is 283 g/mol. The van der Waals surface area contributed by atoms with Crippen LogP contribution in [0.2, 0.25) is 5.28 Å². The van der Waals surface area contributed by atoms with Crippen LogP contribution >= 0.6 is 11.6 Å². The molecule has 2 heterocycles. The highest BCUT2D eigenvalue weighted by Crippen LogP contribution is 2.28. The summed E-state index contributed by atoms with van der Waals surface area (Å²) < 4.78 is 0. The van der Waals surface area contributed by atoms with Crippen LogP contribution < -0.4 is 15.1 Å². The first kappa shape index (κ1) is 14.0. The summed E-state index contributed by atoms with van der Waals surface area (Å²) in [6.07, 6.45) is 4.30. The molecule has 1 aliphatic rings. The number of amides is 1. The third kappa shape index (κ3) is 3.13. The van der Waals surface area contributed by atoms with Crippen molar-refractivity contribution in [2.24, 2.45) is 0 Å². The molecular weight excluding hydrogens is 266 g/mol. The van der Waals surface area contributed by atoms with Crippen molar-refractivity contribution in [1.82, 2.24) is 15.3 Å². The van der Waals surface area contributed by atoms with E-state index in [0.717, 1.165) is 38.0 Å². The molecule has 2 rings (SSSR count). The van der Waals surface area contributed by atoms with Gasteiger partial charge in [-0.2, -0.15) is 4.98 Å². The van der Waals surface area contributed by atoms with Gasteiger partial charge < -0.3 is 10.2 Å². The number of halogens is 1. The molecule has 1 aliphatic heterocycles. The summed E-state index contributed by atoms with van der Waals surface area (Å²) in [5.74, 6) is 0.576. The molecule has 0 radical (unpaired) electrons. The lowest BCUT2D eigenvalue weighted by molar-refractivity contribution is -0.108. The molecule has 0 bridgehead atoms. The van der Waals surface area contributed by atoms with Crippen LogP contribution in [0.15, 0.2) is 6.20 Å². The Morgan fingerprint density at radius 2 is 2.11 bits per heavy atom. The molecule has 1 N–H and O–H groups in total. The Hall–Kier alpha value is -1.40. The summed E-state index contributed by atoms with van der Waals surface area (Å²) in [4.78, 5) is 23.2. The summed E-state index contributed by atoms with van der Waals surface area (Å²) in [5.41, 5.74) is 0.787. The lowest BCUT2D eigenvalue weighted by atomic mass is 10.1.